The molecule has 188 valence electrons. The fourth-order valence-electron chi connectivity index (χ4n) is 4.67. The van der Waals surface area contributed by atoms with Gasteiger partial charge in [-0.25, -0.2) is 4.98 Å². The maximum atomic E-state index is 13.0. The van der Waals surface area contributed by atoms with E-state index in [4.69, 9.17) is 11.6 Å². The van der Waals surface area contributed by atoms with E-state index in [-0.39, 0.29) is 17.7 Å². The van der Waals surface area contributed by atoms with E-state index in [1.54, 1.807) is 0 Å². The van der Waals surface area contributed by atoms with Crippen molar-refractivity contribution in [2.75, 3.05) is 18.4 Å². The molecule has 1 saturated heterocycles. The Kier molecular flexibility index (Phi) is 7.97. The van der Waals surface area contributed by atoms with Gasteiger partial charge in [0.2, 0.25) is 5.91 Å². The highest BCUT2D eigenvalue weighted by molar-refractivity contribution is 7.10. The first-order valence-electron chi connectivity index (χ1n) is 12.5. The Bertz CT molecular complexity index is 1360. The first kappa shape index (κ1) is 25.2. The van der Waals surface area contributed by atoms with Crippen molar-refractivity contribution in [3.05, 3.63) is 106 Å². The number of hydrogen-bond acceptors (Lipinski definition) is 4. The predicted molar refractivity (Wildman–Crippen MR) is 150 cm³/mol. The van der Waals surface area contributed by atoms with Gasteiger partial charge in [0, 0.05) is 47.1 Å². The van der Waals surface area contributed by atoms with Crippen LogP contribution < -0.4 is 5.32 Å². The summed E-state index contributed by atoms with van der Waals surface area (Å²) < 4.78 is 0. The molecule has 5 rings (SSSR count). The third-order valence-corrected chi connectivity index (χ3v) is 8.01. The van der Waals surface area contributed by atoms with Crippen LogP contribution in [0, 0.1) is 0 Å². The highest BCUT2D eigenvalue weighted by Gasteiger charge is 2.26. The number of carbonyl (C=O) groups excluding carboxylic acids is 2. The minimum absolute atomic E-state index is 0.209. The fraction of sp³-hybridized carbons (Fsp3) is 0.233. The van der Waals surface area contributed by atoms with Crippen molar-refractivity contribution in [1.82, 2.24) is 9.88 Å². The summed E-state index contributed by atoms with van der Waals surface area (Å²) >= 11 is 7.56. The Morgan fingerprint density at radius 1 is 0.946 bits per heavy atom. The van der Waals surface area contributed by atoms with Gasteiger partial charge in [-0.1, -0.05) is 72.3 Å². The smallest absolute Gasteiger partial charge is 0.275 e. The Balaban J connectivity index is 1.17. The van der Waals surface area contributed by atoms with Crippen molar-refractivity contribution in [2.45, 2.75) is 31.6 Å². The van der Waals surface area contributed by atoms with E-state index < -0.39 is 0 Å². The molecule has 0 aliphatic carbocycles. The summed E-state index contributed by atoms with van der Waals surface area (Å²) in [4.78, 5) is 32.4. The molecule has 0 spiro atoms. The molecule has 7 heteroatoms. The molecular formula is C30H28ClN3O2S. The van der Waals surface area contributed by atoms with E-state index >= 15 is 0 Å². The Hall–Kier alpha value is -3.48. The average molecular weight is 530 g/mol. The summed E-state index contributed by atoms with van der Waals surface area (Å²) in [6, 6.07) is 25.4. The molecule has 1 aliphatic heterocycles. The third kappa shape index (κ3) is 6.27. The molecule has 0 unspecified atom stereocenters. The first-order valence-corrected chi connectivity index (χ1v) is 13.8. The van der Waals surface area contributed by atoms with Crippen LogP contribution in [0.3, 0.4) is 0 Å². The van der Waals surface area contributed by atoms with Crippen molar-refractivity contribution < 1.29 is 9.59 Å². The maximum absolute atomic E-state index is 13.0. The van der Waals surface area contributed by atoms with Gasteiger partial charge in [-0.05, 0) is 48.6 Å². The van der Waals surface area contributed by atoms with Gasteiger partial charge in [0.15, 0.2) is 0 Å². The standard InChI is InChI=1S/C30H28ClN3O2S/c31-24-13-11-22(12-14-24)25-8-4-5-9-26(25)32-29(36)27-20-37-30(33-27)23-16-18-34(19-17-23)28(35)15-10-21-6-2-1-3-7-21/h1-9,11-14,20,23H,10,15-19H2,(H,32,36). The molecule has 1 aromatic heterocycles. The summed E-state index contributed by atoms with van der Waals surface area (Å²) in [6.45, 7) is 1.46. The topological polar surface area (TPSA) is 62.3 Å². The molecule has 3 aromatic carbocycles. The number of nitrogens with one attached hydrogen (secondary N) is 1. The number of piperidine rings is 1. The largest absolute Gasteiger partial charge is 0.343 e. The van der Waals surface area contributed by atoms with Crippen molar-refractivity contribution in [3.8, 4) is 11.1 Å². The Morgan fingerprint density at radius 2 is 1.65 bits per heavy atom. The Labute approximate surface area is 226 Å². The SMILES string of the molecule is O=C(Nc1ccccc1-c1ccc(Cl)cc1)c1csc(C2CCN(C(=O)CCc3ccccc3)CC2)n1. The van der Waals surface area contributed by atoms with Crippen molar-refractivity contribution >= 4 is 40.4 Å². The van der Waals surface area contributed by atoms with Crippen LogP contribution in [0.2, 0.25) is 5.02 Å². The lowest BCUT2D eigenvalue weighted by atomic mass is 9.97. The predicted octanol–water partition coefficient (Wildman–Crippen LogP) is 7.05. The van der Waals surface area contributed by atoms with Crippen LogP contribution >= 0.6 is 22.9 Å². The molecule has 0 saturated carbocycles. The van der Waals surface area contributed by atoms with Crippen LogP contribution in [-0.2, 0) is 11.2 Å². The average Bonchev–Trinajstić information content (AvgIpc) is 3.44. The lowest BCUT2D eigenvalue weighted by molar-refractivity contribution is -0.132. The maximum Gasteiger partial charge on any atom is 0.275 e. The van der Waals surface area contributed by atoms with Crippen LogP contribution in [0.5, 0.6) is 0 Å². The van der Waals surface area contributed by atoms with E-state index in [9.17, 15) is 9.59 Å². The molecule has 2 amide bonds. The van der Waals surface area contributed by atoms with Crippen LogP contribution in [-0.4, -0.2) is 34.8 Å². The van der Waals surface area contributed by atoms with Crippen LogP contribution in [0.25, 0.3) is 11.1 Å². The van der Waals surface area contributed by atoms with Crippen LogP contribution in [0.1, 0.15) is 46.2 Å². The van der Waals surface area contributed by atoms with Gasteiger partial charge >= 0.3 is 0 Å². The number of para-hydroxylation sites is 1. The summed E-state index contributed by atoms with van der Waals surface area (Å²) in [6.07, 6.45) is 3.04. The quantitative estimate of drug-likeness (QED) is 0.279. The van der Waals surface area contributed by atoms with Gasteiger partial charge in [-0.15, -0.1) is 11.3 Å². The summed E-state index contributed by atoms with van der Waals surface area (Å²) in [5.41, 5.74) is 4.24. The van der Waals surface area contributed by atoms with Gasteiger partial charge in [0.25, 0.3) is 5.91 Å². The fourth-order valence-corrected chi connectivity index (χ4v) is 5.77. The molecule has 2 heterocycles. The number of carbonyl (C=O) groups is 2. The van der Waals surface area contributed by atoms with E-state index in [2.05, 4.69) is 22.4 Å². The first-order chi connectivity index (χ1) is 18.1. The van der Waals surface area contributed by atoms with Crippen molar-refractivity contribution in [1.29, 1.82) is 0 Å². The second-order valence-electron chi connectivity index (χ2n) is 9.22. The minimum atomic E-state index is -0.225. The van der Waals surface area contributed by atoms with Gasteiger partial charge in [-0.2, -0.15) is 0 Å². The number of benzene rings is 3. The number of aromatic nitrogens is 1. The van der Waals surface area contributed by atoms with Crippen molar-refractivity contribution in [2.24, 2.45) is 0 Å². The molecule has 5 nitrogen and oxygen atoms in total. The lowest BCUT2D eigenvalue weighted by Gasteiger charge is -2.31. The highest BCUT2D eigenvalue weighted by Crippen LogP contribution is 2.32. The second kappa shape index (κ2) is 11.7. The summed E-state index contributed by atoms with van der Waals surface area (Å²) in [7, 11) is 0. The normalized spacial score (nSPS) is 13.9. The molecule has 4 aromatic rings. The molecule has 1 N–H and O–H groups in total. The van der Waals surface area contributed by atoms with Gasteiger partial charge in [0.05, 0.1) is 5.01 Å². The van der Waals surface area contributed by atoms with Gasteiger partial charge in [-0.3, -0.25) is 9.59 Å². The van der Waals surface area contributed by atoms with Crippen LogP contribution in [0.4, 0.5) is 5.69 Å². The monoisotopic (exact) mass is 529 g/mol. The van der Waals surface area contributed by atoms with Crippen molar-refractivity contribution in [3.63, 3.8) is 0 Å². The number of rotatable bonds is 7. The second-order valence-corrected chi connectivity index (χ2v) is 10.5. The number of likely N-dealkylation sites (tertiary alicyclic amines) is 1. The number of halogens is 1. The zero-order chi connectivity index (χ0) is 25.6. The number of amides is 2. The van der Waals surface area contributed by atoms with E-state index in [0.29, 0.717) is 17.1 Å². The molecule has 0 radical (unpaired) electrons. The zero-order valence-corrected chi connectivity index (χ0v) is 22.0. The molecule has 1 fully saturated rings. The number of aryl methyl sites for hydroxylation is 1. The van der Waals surface area contributed by atoms with Crippen LogP contribution in [0.15, 0.2) is 84.2 Å². The molecule has 0 bridgehead atoms. The molecular weight excluding hydrogens is 502 g/mol. The van der Waals surface area contributed by atoms with E-state index in [0.717, 1.165) is 54.2 Å². The van der Waals surface area contributed by atoms with Gasteiger partial charge < -0.3 is 10.2 Å². The number of anilines is 1. The van der Waals surface area contributed by atoms with Gasteiger partial charge in [0.1, 0.15) is 5.69 Å². The lowest BCUT2D eigenvalue weighted by Crippen LogP contribution is -2.38. The van der Waals surface area contributed by atoms with E-state index in [1.165, 1.54) is 16.9 Å². The zero-order valence-electron chi connectivity index (χ0n) is 20.4. The summed E-state index contributed by atoms with van der Waals surface area (Å²) in [5, 5.41) is 6.49. The number of nitrogens with zero attached hydrogens (tertiary/aromatic N) is 2. The molecule has 0 atom stereocenters. The number of hydrogen-bond donors (Lipinski definition) is 1. The van der Waals surface area contributed by atoms with E-state index in [1.807, 2.05) is 77.0 Å². The highest BCUT2D eigenvalue weighted by atomic mass is 35.5. The molecule has 37 heavy (non-hydrogen) atoms. The minimum Gasteiger partial charge on any atom is -0.343 e. The summed E-state index contributed by atoms with van der Waals surface area (Å²) in [5.74, 6) is 0.254. The molecule has 1 aliphatic rings. The number of thiazole rings is 1. The third-order valence-electron chi connectivity index (χ3n) is 6.75. The Morgan fingerprint density at radius 3 is 2.41 bits per heavy atom.